The van der Waals surface area contributed by atoms with Crippen molar-refractivity contribution in [3.63, 3.8) is 0 Å². The molecule has 2 N–H and O–H groups in total. The van der Waals surface area contributed by atoms with Crippen molar-refractivity contribution in [1.82, 2.24) is 4.98 Å². The number of nitrogens with one attached hydrogen (secondary N) is 1. The molecule has 0 aliphatic carbocycles. The third kappa shape index (κ3) is 2.94. The fourth-order valence-corrected chi connectivity index (χ4v) is 2.86. The van der Waals surface area contributed by atoms with E-state index in [0.29, 0.717) is 5.75 Å². The molecule has 1 unspecified atom stereocenters. The number of aromatic hydroxyl groups is 1. The summed E-state index contributed by atoms with van der Waals surface area (Å²) in [7, 11) is 0. The van der Waals surface area contributed by atoms with Crippen molar-refractivity contribution in [1.29, 1.82) is 0 Å². The predicted octanol–water partition coefficient (Wildman–Crippen LogP) is 3.56. The quantitative estimate of drug-likeness (QED) is 0.900. The summed E-state index contributed by atoms with van der Waals surface area (Å²) in [5, 5.41) is 13.5. The van der Waals surface area contributed by atoms with Crippen LogP contribution in [0.25, 0.3) is 0 Å². The maximum atomic E-state index is 9.97. The lowest BCUT2D eigenvalue weighted by Crippen LogP contribution is -2.21. The zero-order valence-electron chi connectivity index (χ0n) is 12.3. The lowest BCUT2D eigenvalue weighted by Gasteiger charge is -2.23. The average Bonchev–Trinajstić information content (AvgIpc) is 3.02. The maximum absolute atomic E-state index is 9.97. The Hall–Kier alpha value is -2.23. The molecule has 1 fully saturated rings. The van der Waals surface area contributed by atoms with Crippen LogP contribution in [0.15, 0.2) is 42.6 Å². The first kappa shape index (κ1) is 13.7. The Balaban J connectivity index is 1.83. The largest absolute Gasteiger partial charge is 0.508 e. The van der Waals surface area contributed by atoms with E-state index >= 15 is 0 Å². The number of nitrogens with zero attached hydrogens (tertiary/aromatic N) is 2. The minimum Gasteiger partial charge on any atom is -0.508 e. The van der Waals surface area contributed by atoms with Crippen LogP contribution in [-0.4, -0.2) is 23.2 Å². The molecule has 3 rings (SSSR count). The van der Waals surface area contributed by atoms with E-state index in [1.54, 1.807) is 6.07 Å². The van der Waals surface area contributed by atoms with Gasteiger partial charge in [-0.25, -0.2) is 4.98 Å². The second-order valence-electron chi connectivity index (χ2n) is 5.49. The number of hydrogen-bond donors (Lipinski definition) is 2. The molecule has 1 atom stereocenters. The van der Waals surface area contributed by atoms with E-state index in [-0.39, 0.29) is 6.04 Å². The Morgan fingerprint density at radius 3 is 2.67 bits per heavy atom. The van der Waals surface area contributed by atoms with Gasteiger partial charge < -0.3 is 15.3 Å². The molecule has 1 aromatic carbocycles. The molecule has 4 nitrogen and oxygen atoms in total. The Kier molecular flexibility index (Phi) is 3.95. The van der Waals surface area contributed by atoms with Gasteiger partial charge in [0.05, 0.1) is 11.7 Å². The summed E-state index contributed by atoms with van der Waals surface area (Å²) >= 11 is 0. The summed E-state index contributed by atoms with van der Waals surface area (Å²) in [5.74, 6) is 1.33. The van der Waals surface area contributed by atoms with Gasteiger partial charge in [0.15, 0.2) is 5.82 Å². The summed E-state index contributed by atoms with van der Waals surface area (Å²) in [4.78, 5) is 6.85. The molecule has 2 heterocycles. The average molecular weight is 283 g/mol. The first-order valence-electron chi connectivity index (χ1n) is 7.50. The Morgan fingerprint density at radius 2 is 1.90 bits per heavy atom. The van der Waals surface area contributed by atoms with Crippen LogP contribution in [0.5, 0.6) is 5.75 Å². The highest BCUT2D eigenvalue weighted by Gasteiger charge is 2.18. The smallest absolute Gasteiger partial charge is 0.151 e. The molecule has 1 saturated heterocycles. The van der Waals surface area contributed by atoms with Crippen LogP contribution >= 0.6 is 0 Å². The van der Waals surface area contributed by atoms with Crippen LogP contribution < -0.4 is 10.2 Å². The van der Waals surface area contributed by atoms with E-state index in [9.17, 15) is 5.11 Å². The summed E-state index contributed by atoms with van der Waals surface area (Å²) < 4.78 is 0. The molecule has 21 heavy (non-hydrogen) atoms. The lowest BCUT2D eigenvalue weighted by molar-refractivity contribution is 0.465. The molecule has 4 heteroatoms. The van der Waals surface area contributed by atoms with E-state index < -0.39 is 0 Å². The molecule has 0 bridgehead atoms. The van der Waals surface area contributed by atoms with Gasteiger partial charge in [0, 0.05) is 24.8 Å². The van der Waals surface area contributed by atoms with Gasteiger partial charge in [0.25, 0.3) is 0 Å². The van der Waals surface area contributed by atoms with E-state index in [4.69, 9.17) is 0 Å². The number of rotatable bonds is 4. The molecule has 0 saturated carbocycles. The maximum Gasteiger partial charge on any atom is 0.151 e. The molecule has 0 amide bonds. The summed E-state index contributed by atoms with van der Waals surface area (Å²) in [5.41, 5.74) is 1.92. The Labute approximate surface area is 125 Å². The Morgan fingerprint density at radius 1 is 1.14 bits per heavy atom. The van der Waals surface area contributed by atoms with Crippen LogP contribution in [0.2, 0.25) is 0 Å². The fourth-order valence-electron chi connectivity index (χ4n) is 2.86. The van der Waals surface area contributed by atoms with E-state index in [1.165, 1.54) is 12.8 Å². The number of phenolic OH excluding ortho intramolecular Hbond substituents is 1. The normalized spacial score (nSPS) is 16.0. The number of benzene rings is 1. The highest BCUT2D eigenvalue weighted by atomic mass is 16.3. The van der Waals surface area contributed by atoms with Gasteiger partial charge in [-0.2, -0.15) is 0 Å². The fraction of sp³-hybridized carbons (Fsp3) is 0.353. The van der Waals surface area contributed by atoms with Gasteiger partial charge in [-0.1, -0.05) is 18.2 Å². The minimum absolute atomic E-state index is 0.0248. The van der Waals surface area contributed by atoms with Crippen LogP contribution in [0, 0.1) is 0 Å². The summed E-state index contributed by atoms with van der Waals surface area (Å²) in [6, 6.07) is 11.5. The number of anilines is 2. The first-order valence-corrected chi connectivity index (χ1v) is 7.50. The highest BCUT2D eigenvalue weighted by molar-refractivity contribution is 5.66. The monoisotopic (exact) mass is 283 g/mol. The summed E-state index contributed by atoms with van der Waals surface area (Å²) in [6.45, 7) is 4.18. The molecule has 1 aromatic heterocycles. The van der Waals surface area contributed by atoms with E-state index in [0.717, 1.165) is 30.2 Å². The number of para-hydroxylation sites is 1. The van der Waals surface area contributed by atoms with Gasteiger partial charge in [-0.15, -0.1) is 0 Å². The molecule has 1 aliphatic rings. The SMILES string of the molecule is CC(Nc1cccnc1N1CCCC1)c1ccccc1O. The number of aromatic nitrogens is 1. The third-order valence-corrected chi connectivity index (χ3v) is 3.97. The zero-order valence-corrected chi connectivity index (χ0v) is 12.3. The second kappa shape index (κ2) is 6.04. The van der Waals surface area contributed by atoms with Crippen molar-refractivity contribution in [2.75, 3.05) is 23.3 Å². The number of pyridine rings is 1. The van der Waals surface area contributed by atoms with Gasteiger partial charge in [-0.05, 0) is 38.0 Å². The zero-order chi connectivity index (χ0) is 14.7. The third-order valence-electron chi connectivity index (χ3n) is 3.97. The van der Waals surface area contributed by atoms with Gasteiger partial charge >= 0.3 is 0 Å². The second-order valence-corrected chi connectivity index (χ2v) is 5.49. The van der Waals surface area contributed by atoms with Crippen molar-refractivity contribution < 1.29 is 5.11 Å². The molecular weight excluding hydrogens is 262 g/mol. The van der Waals surface area contributed by atoms with Crippen molar-refractivity contribution >= 4 is 11.5 Å². The Bertz CT molecular complexity index is 608. The highest BCUT2D eigenvalue weighted by Crippen LogP contribution is 2.31. The van der Waals surface area contributed by atoms with Crippen LogP contribution in [0.3, 0.4) is 0 Å². The van der Waals surface area contributed by atoms with E-state index in [1.807, 2.05) is 30.5 Å². The van der Waals surface area contributed by atoms with Crippen LogP contribution in [-0.2, 0) is 0 Å². The number of phenols is 1. The minimum atomic E-state index is 0.0248. The number of hydrogen-bond acceptors (Lipinski definition) is 4. The molecule has 0 spiro atoms. The molecule has 110 valence electrons. The topological polar surface area (TPSA) is 48.4 Å². The van der Waals surface area contributed by atoms with Crippen molar-refractivity contribution in [2.24, 2.45) is 0 Å². The molecular formula is C17H21N3O. The van der Waals surface area contributed by atoms with E-state index in [2.05, 4.69) is 28.2 Å². The van der Waals surface area contributed by atoms with Crippen molar-refractivity contribution in [2.45, 2.75) is 25.8 Å². The van der Waals surface area contributed by atoms with Crippen LogP contribution in [0.4, 0.5) is 11.5 Å². The van der Waals surface area contributed by atoms with Crippen molar-refractivity contribution in [3.05, 3.63) is 48.2 Å². The molecule has 0 radical (unpaired) electrons. The standard InChI is InChI=1S/C17H21N3O/c1-13(14-7-2-3-9-16(14)21)19-15-8-6-10-18-17(15)20-11-4-5-12-20/h2-3,6-10,13,19,21H,4-5,11-12H2,1H3. The predicted molar refractivity (Wildman–Crippen MR) is 85.8 cm³/mol. The first-order chi connectivity index (χ1) is 10.3. The molecule has 2 aromatic rings. The molecule has 1 aliphatic heterocycles. The van der Waals surface area contributed by atoms with Gasteiger partial charge in [0.1, 0.15) is 5.75 Å². The van der Waals surface area contributed by atoms with Crippen molar-refractivity contribution in [3.8, 4) is 5.75 Å². The lowest BCUT2D eigenvalue weighted by atomic mass is 10.1. The van der Waals surface area contributed by atoms with Crippen LogP contribution in [0.1, 0.15) is 31.4 Å². The summed E-state index contributed by atoms with van der Waals surface area (Å²) in [6.07, 6.45) is 4.29. The van der Waals surface area contributed by atoms with Gasteiger partial charge in [-0.3, -0.25) is 0 Å². The van der Waals surface area contributed by atoms with Gasteiger partial charge in [0.2, 0.25) is 0 Å².